The summed E-state index contributed by atoms with van der Waals surface area (Å²) in [6.45, 7) is 6.30. The largest absolute Gasteiger partial charge is 0.292 e. The molecule has 134 valence electrons. The number of hydrogen-bond acceptors (Lipinski definition) is 2. The molecule has 0 aliphatic rings. The Bertz CT molecular complexity index is 766. The van der Waals surface area contributed by atoms with Crippen molar-refractivity contribution in [2.75, 3.05) is 6.54 Å². The van der Waals surface area contributed by atoms with E-state index in [9.17, 15) is 0 Å². The highest BCUT2D eigenvalue weighted by Crippen LogP contribution is 2.26. The van der Waals surface area contributed by atoms with Crippen LogP contribution in [0, 0.1) is 6.92 Å². The summed E-state index contributed by atoms with van der Waals surface area (Å²) in [5.74, 6) is 0. The summed E-state index contributed by atoms with van der Waals surface area (Å²) in [4.78, 5) is 7.12. The van der Waals surface area contributed by atoms with Gasteiger partial charge in [-0.15, -0.1) is 0 Å². The van der Waals surface area contributed by atoms with Gasteiger partial charge in [0.25, 0.3) is 0 Å². The van der Waals surface area contributed by atoms with Crippen molar-refractivity contribution in [3.63, 3.8) is 0 Å². The first-order chi connectivity index (χ1) is 12.8. The lowest BCUT2D eigenvalue weighted by molar-refractivity contribution is 0.185. The Balaban J connectivity index is 1.81. The first-order valence-corrected chi connectivity index (χ1v) is 9.50. The maximum Gasteiger partial charge on any atom is 0.0372 e. The normalized spacial score (nSPS) is 12.3. The van der Waals surface area contributed by atoms with Crippen LogP contribution >= 0.6 is 0 Å². The molecule has 0 radical (unpaired) electrons. The Morgan fingerprint density at radius 3 is 2.08 bits per heavy atom. The molecule has 26 heavy (non-hydrogen) atoms. The summed E-state index contributed by atoms with van der Waals surface area (Å²) in [6, 6.07) is 26.3. The zero-order valence-electron chi connectivity index (χ0n) is 15.8. The van der Waals surface area contributed by atoms with Crippen molar-refractivity contribution in [2.45, 2.75) is 39.3 Å². The van der Waals surface area contributed by atoms with Crippen molar-refractivity contribution < 1.29 is 0 Å². The minimum atomic E-state index is 0.381. The molecular weight excluding hydrogens is 316 g/mol. The molecule has 3 rings (SSSR count). The van der Waals surface area contributed by atoms with Gasteiger partial charge in [-0.25, -0.2) is 0 Å². The number of rotatable bonds is 8. The Morgan fingerprint density at radius 2 is 1.50 bits per heavy atom. The second kappa shape index (κ2) is 9.30. The maximum absolute atomic E-state index is 4.53. The van der Waals surface area contributed by atoms with Crippen LogP contribution < -0.4 is 0 Å². The molecule has 0 unspecified atom stereocenters. The fourth-order valence-electron chi connectivity index (χ4n) is 3.46. The molecule has 1 heterocycles. The van der Waals surface area contributed by atoms with Crippen molar-refractivity contribution in [3.8, 4) is 0 Å². The zero-order chi connectivity index (χ0) is 18.2. The highest BCUT2D eigenvalue weighted by molar-refractivity contribution is 5.20. The number of hydrogen-bond donors (Lipinski definition) is 0. The Labute approximate surface area is 157 Å². The Hall–Kier alpha value is -2.45. The van der Waals surface area contributed by atoms with E-state index in [0.717, 1.165) is 31.6 Å². The van der Waals surface area contributed by atoms with E-state index in [4.69, 9.17) is 0 Å². The molecule has 1 aromatic heterocycles. The van der Waals surface area contributed by atoms with Gasteiger partial charge in [-0.3, -0.25) is 9.88 Å². The lowest BCUT2D eigenvalue weighted by atomic mass is 10.0. The van der Waals surface area contributed by atoms with Gasteiger partial charge in [-0.1, -0.05) is 73.7 Å². The van der Waals surface area contributed by atoms with Crippen LogP contribution in [0.3, 0.4) is 0 Å². The van der Waals surface area contributed by atoms with Gasteiger partial charge in [0.1, 0.15) is 0 Å². The summed E-state index contributed by atoms with van der Waals surface area (Å²) in [5, 5.41) is 0. The Morgan fingerprint density at radius 1 is 0.846 bits per heavy atom. The predicted octanol–water partition coefficient (Wildman–Crippen LogP) is 5.59. The molecule has 1 atom stereocenters. The van der Waals surface area contributed by atoms with Gasteiger partial charge >= 0.3 is 0 Å². The number of benzene rings is 2. The highest BCUT2D eigenvalue weighted by Gasteiger charge is 2.19. The fraction of sp³-hybridized carbons (Fsp3) is 0.292. The molecule has 0 saturated carbocycles. The smallest absolute Gasteiger partial charge is 0.0372 e. The van der Waals surface area contributed by atoms with E-state index in [1.54, 1.807) is 0 Å². The molecule has 0 aliphatic carbocycles. The topological polar surface area (TPSA) is 16.1 Å². The fourth-order valence-corrected chi connectivity index (χ4v) is 3.46. The molecule has 2 aromatic carbocycles. The summed E-state index contributed by atoms with van der Waals surface area (Å²) >= 11 is 0. The van der Waals surface area contributed by atoms with Crippen LogP contribution in [-0.2, 0) is 13.0 Å². The molecule has 0 aliphatic heterocycles. The Kier molecular flexibility index (Phi) is 6.56. The average molecular weight is 345 g/mol. The van der Waals surface area contributed by atoms with Crippen LogP contribution in [0.2, 0.25) is 0 Å². The molecule has 3 aromatic rings. The second-order valence-electron chi connectivity index (χ2n) is 6.85. The molecule has 0 saturated heterocycles. The van der Waals surface area contributed by atoms with Gasteiger partial charge in [0.2, 0.25) is 0 Å². The van der Waals surface area contributed by atoms with Crippen LogP contribution in [0.15, 0.2) is 79.0 Å². The molecule has 0 N–H and O–H groups in total. The quantitative estimate of drug-likeness (QED) is 0.530. The van der Waals surface area contributed by atoms with Crippen molar-refractivity contribution in [1.82, 2.24) is 9.88 Å². The minimum Gasteiger partial charge on any atom is -0.292 e. The molecule has 0 amide bonds. The minimum absolute atomic E-state index is 0.381. The number of pyridine rings is 1. The van der Waals surface area contributed by atoms with Crippen LogP contribution in [0.4, 0.5) is 0 Å². The zero-order valence-corrected chi connectivity index (χ0v) is 15.8. The van der Waals surface area contributed by atoms with E-state index in [2.05, 4.69) is 89.6 Å². The summed E-state index contributed by atoms with van der Waals surface area (Å²) in [5.41, 5.74) is 5.13. The van der Waals surface area contributed by atoms with E-state index in [1.165, 1.54) is 16.7 Å². The molecule has 0 spiro atoms. The standard InChI is InChI=1S/C24H28N2/c1-3-24(23-15-14-20(2)25-18-23)26(19-22-12-8-5-9-13-22)17-16-21-10-6-4-7-11-21/h4-15,18,24H,3,16-17,19H2,1-2H3/t24-/m1/s1. The van der Waals surface area contributed by atoms with E-state index >= 15 is 0 Å². The first kappa shape index (κ1) is 18.3. The van der Waals surface area contributed by atoms with Crippen molar-refractivity contribution in [2.24, 2.45) is 0 Å². The van der Waals surface area contributed by atoms with E-state index < -0.39 is 0 Å². The number of nitrogens with zero attached hydrogens (tertiary/aromatic N) is 2. The van der Waals surface area contributed by atoms with Gasteiger partial charge in [-0.2, -0.15) is 0 Å². The van der Waals surface area contributed by atoms with Crippen molar-refractivity contribution in [3.05, 3.63) is 101 Å². The van der Waals surface area contributed by atoms with Crippen LogP contribution in [0.25, 0.3) is 0 Å². The predicted molar refractivity (Wildman–Crippen MR) is 109 cm³/mol. The SMILES string of the molecule is CC[C@H](c1ccc(C)nc1)N(CCc1ccccc1)Cc1ccccc1. The van der Waals surface area contributed by atoms with E-state index in [0.29, 0.717) is 6.04 Å². The molecule has 0 bridgehead atoms. The van der Waals surface area contributed by atoms with Gasteiger partial charge in [-0.05, 0) is 42.5 Å². The summed E-state index contributed by atoms with van der Waals surface area (Å²) in [6.07, 6.45) is 4.18. The molecule has 2 heteroatoms. The van der Waals surface area contributed by atoms with Crippen LogP contribution in [-0.4, -0.2) is 16.4 Å². The summed E-state index contributed by atoms with van der Waals surface area (Å²) < 4.78 is 0. The van der Waals surface area contributed by atoms with Gasteiger partial charge in [0.15, 0.2) is 0 Å². The monoisotopic (exact) mass is 344 g/mol. The van der Waals surface area contributed by atoms with Gasteiger partial charge in [0.05, 0.1) is 0 Å². The molecule has 0 fully saturated rings. The maximum atomic E-state index is 4.53. The second-order valence-corrected chi connectivity index (χ2v) is 6.85. The van der Waals surface area contributed by atoms with Gasteiger partial charge < -0.3 is 0 Å². The van der Waals surface area contributed by atoms with E-state index in [1.807, 2.05) is 13.1 Å². The third kappa shape index (κ3) is 5.03. The number of aryl methyl sites for hydroxylation is 1. The van der Waals surface area contributed by atoms with Gasteiger partial charge in [0, 0.05) is 31.0 Å². The highest BCUT2D eigenvalue weighted by atomic mass is 15.2. The first-order valence-electron chi connectivity index (χ1n) is 9.50. The van der Waals surface area contributed by atoms with Crippen LogP contribution in [0.5, 0.6) is 0 Å². The van der Waals surface area contributed by atoms with Crippen molar-refractivity contribution in [1.29, 1.82) is 0 Å². The van der Waals surface area contributed by atoms with Crippen molar-refractivity contribution >= 4 is 0 Å². The van der Waals surface area contributed by atoms with Crippen LogP contribution in [0.1, 0.15) is 41.8 Å². The van der Waals surface area contributed by atoms with E-state index in [-0.39, 0.29) is 0 Å². The lowest BCUT2D eigenvalue weighted by Crippen LogP contribution is -2.30. The molecule has 2 nitrogen and oxygen atoms in total. The third-order valence-corrected chi connectivity index (χ3v) is 4.91. The lowest BCUT2D eigenvalue weighted by Gasteiger charge is -2.31. The molecular formula is C24H28N2. The number of aromatic nitrogens is 1. The average Bonchev–Trinajstić information content (AvgIpc) is 2.69. The third-order valence-electron chi connectivity index (χ3n) is 4.91. The summed E-state index contributed by atoms with van der Waals surface area (Å²) in [7, 11) is 0.